The van der Waals surface area contributed by atoms with Crippen LogP contribution in [0.3, 0.4) is 0 Å². The minimum atomic E-state index is -0.226. The minimum absolute atomic E-state index is 0.0568. The third-order valence-corrected chi connectivity index (χ3v) is 3.99. The van der Waals surface area contributed by atoms with Crippen molar-refractivity contribution in [3.63, 3.8) is 0 Å². The molecule has 0 radical (unpaired) electrons. The van der Waals surface area contributed by atoms with E-state index in [9.17, 15) is 4.79 Å². The Bertz CT molecular complexity index is 720. The lowest BCUT2D eigenvalue weighted by molar-refractivity contribution is -0.0247. The molecule has 0 bridgehead atoms. The third-order valence-electron chi connectivity index (χ3n) is 3.99. The molecule has 0 saturated carbocycles. The lowest BCUT2D eigenvalue weighted by Gasteiger charge is -2.33. The number of carbonyl (C=O) groups is 1. The fourth-order valence-electron chi connectivity index (χ4n) is 2.71. The van der Waals surface area contributed by atoms with Crippen LogP contribution in [-0.4, -0.2) is 59.8 Å². The molecular weight excluding hydrogens is 306 g/mol. The van der Waals surface area contributed by atoms with Crippen LogP contribution in [0.2, 0.25) is 0 Å². The van der Waals surface area contributed by atoms with Gasteiger partial charge in [-0.1, -0.05) is 0 Å². The Balaban J connectivity index is 1.80. The van der Waals surface area contributed by atoms with Crippen molar-refractivity contribution in [1.82, 2.24) is 20.1 Å². The summed E-state index contributed by atoms with van der Waals surface area (Å²) in [6.45, 7) is 3.49. The second kappa shape index (κ2) is 6.92. The van der Waals surface area contributed by atoms with Crippen molar-refractivity contribution in [3.05, 3.63) is 47.5 Å². The molecule has 3 heterocycles. The number of amides is 1. The number of morpholine rings is 1. The summed E-state index contributed by atoms with van der Waals surface area (Å²) in [5.74, 6) is -0.0568. The lowest BCUT2D eigenvalue weighted by Crippen LogP contribution is -2.42. The monoisotopic (exact) mass is 327 g/mol. The first-order chi connectivity index (χ1) is 11.5. The fraction of sp³-hybridized carbons (Fsp3) is 0.412. The van der Waals surface area contributed by atoms with Gasteiger partial charge in [0.1, 0.15) is 6.10 Å². The molecule has 1 aliphatic rings. The van der Waals surface area contributed by atoms with Crippen LogP contribution >= 0.6 is 0 Å². The van der Waals surface area contributed by atoms with Crippen LogP contribution in [0.1, 0.15) is 27.8 Å². The first-order valence-corrected chi connectivity index (χ1v) is 7.88. The normalized spacial score (nSPS) is 17.6. The molecule has 1 atom stereocenters. The predicted molar refractivity (Wildman–Crippen MR) is 89.9 cm³/mol. The van der Waals surface area contributed by atoms with Gasteiger partial charge in [-0.3, -0.25) is 9.78 Å². The number of ether oxygens (including phenoxy) is 1. The molecule has 0 spiro atoms. The summed E-state index contributed by atoms with van der Waals surface area (Å²) < 4.78 is 5.87. The number of aromatic nitrogens is 3. The first-order valence-electron chi connectivity index (χ1n) is 7.88. The summed E-state index contributed by atoms with van der Waals surface area (Å²) in [5.41, 5.74) is 3.39. The number of pyridine rings is 1. The zero-order valence-corrected chi connectivity index (χ0v) is 14.1. The molecule has 0 aromatic carbocycles. The molecular formula is C17H21N5O2. The van der Waals surface area contributed by atoms with Gasteiger partial charge in [-0.15, -0.1) is 0 Å². The molecule has 1 amide bonds. The zero-order valence-electron chi connectivity index (χ0n) is 14.1. The molecule has 1 aliphatic heterocycles. The van der Waals surface area contributed by atoms with E-state index in [1.807, 2.05) is 38.1 Å². The molecule has 1 fully saturated rings. The maximum Gasteiger partial charge on any atom is 0.255 e. The van der Waals surface area contributed by atoms with Crippen molar-refractivity contribution >= 4 is 11.6 Å². The second-order valence-electron chi connectivity index (χ2n) is 6.03. The Kier molecular flexibility index (Phi) is 4.71. The van der Waals surface area contributed by atoms with Gasteiger partial charge in [-0.2, -0.15) is 10.2 Å². The number of rotatable bonds is 3. The van der Waals surface area contributed by atoms with E-state index in [0.717, 1.165) is 17.1 Å². The van der Waals surface area contributed by atoms with E-state index >= 15 is 0 Å². The molecule has 3 rings (SSSR count). The smallest absolute Gasteiger partial charge is 0.255 e. The highest BCUT2D eigenvalue weighted by Crippen LogP contribution is 2.25. The van der Waals surface area contributed by atoms with Crippen molar-refractivity contribution in [2.45, 2.75) is 13.0 Å². The number of nitrogens with zero attached hydrogens (tertiary/aromatic N) is 5. The van der Waals surface area contributed by atoms with E-state index in [1.54, 1.807) is 11.0 Å². The van der Waals surface area contributed by atoms with Crippen molar-refractivity contribution in [1.29, 1.82) is 0 Å². The first kappa shape index (κ1) is 16.3. The topological polar surface area (TPSA) is 71.5 Å². The van der Waals surface area contributed by atoms with Gasteiger partial charge in [-0.25, -0.2) is 0 Å². The molecule has 1 saturated heterocycles. The maximum atomic E-state index is 12.6. The van der Waals surface area contributed by atoms with Crippen LogP contribution in [0.15, 0.2) is 30.6 Å². The van der Waals surface area contributed by atoms with Gasteiger partial charge in [-0.05, 0) is 25.1 Å². The largest absolute Gasteiger partial charge is 0.378 e. The van der Waals surface area contributed by atoms with Crippen LogP contribution < -0.4 is 4.90 Å². The summed E-state index contributed by atoms with van der Waals surface area (Å²) in [7, 11) is 3.99. The summed E-state index contributed by atoms with van der Waals surface area (Å²) in [6.07, 6.45) is 2.79. The molecule has 2 aromatic rings. The number of carbonyl (C=O) groups excluding carboxylic acids is 1. The highest BCUT2D eigenvalue weighted by Gasteiger charge is 2.27. The summed E-state index contributed by atoms with van der Waals surface area (Å²) in [4.78, 5) is 21.0. The molecule has 0 unspecified atom stereocenters. The van der Waals surface area contributed by atoms with E-state index in [0.29, 0.717) is 25.3 Å². The van der Waals surface area contributed by atoms with Crippen LogP contribution in [0.25, 0.3) is 0 Å². The predicted octanol–water partition coefficient (Wildman–Crippen LogP) is 1.46. The summed E-state index contributed by atoms with van der Waals surface area (Å²) in [5, 5.41) is 7.49. The van der Waals surface area contributed by atoms with Gasteiger partial charge >= 0.3 is 0 Å². The van der Waals surface area contributed by atoms with Gasteiger partial charge < -0.3 is 14.5 Å². The molecule has 7 nitrogen and oxygen atoms in total. The van der Waals surface area contributed by atoms with E-state index < -0.39 is 0 Å². The van der Waals surface area contributed by atoms with Gasteiger partial charge in [0.15, 0.2) is 0 Å². The molecule has 0 aliphatic carbocycles. The van der Waals surface area contributed by atoms with Crippen LogP contribution in [-0.2, 0) is 4.74 Å². The van der Waals surface area contributed by atoms with Crippen molar-refractivity contribution in [2.75, 3.05) is 38.7 Å². The Morgan fingerprint density at radius 1 is 1.33 bits per heavy atom. The third kappa shape index (κ3) is 3.51. The Labute approximate surface area is 141 Å². The van der Waals surface area contributed by atoms with Crippen LogP contribution in [0.4, 0.5) is 5.69 Å². The van der Waals surface area contributed by atoms with E-state index in [1.165, 1.54) is 12.4 Å². The molecule has 24 heavy (non-hydrogen) atoms. The van der Waals surface area contributed by atoms with Crippen LogP contribution in [0, 0.1) is 6.92 Å². The number of anilines is 1. The highest BCUT2D eigenvalue weighted by molar-refractivity contribution is 5.93. The number of aryl methyl sites for hydroxylation is 1. The van der Waals surface area contributed by atoms with E-state index in [4.69, 9.17) is 4.74 Å². The van der Waals surface area contributed by atoms with Crippen molar-refractivity contribution in [3.8, 4) is 0 Å². The summed E-state index contributed by atoms with van der Waals surface area (Å²) >= 11 is 0. The second-order valence-corrected chi connectivity index (χ2v) is 6.03. The Morgan fingerprint density at radius 2 is 2.17 bits per heavy atom. The SMILES string of the molecule is Cc1cc(N(C)C)cc([C@@H]2CN(C(=O)c3ccnnc3)CCO2)n1. The maximum absolute atomic E-state index is 12.6. The van der Waals surface area contributed by atoms with Crippen LogP contribution in [0.5, 0.6) is 0 Å². The molecule has 2 aromatic heterocycles. The number of hydrogen-bond acceptors (Lipinski definition) is 6. The number of hydrogen-bond donors (Lipinski definition) is 0. The molecule has 126 valence electrons. The van der Waals surface area contributed by atoms with Gasteiger partial charge in [0, 0.05) is 32.0 Å². The average Bonchev–Trinajstić information content (AvgIpc) is 2.61. The van der Waals surface area contributed by atoms with Gasteiger partial charge in [0.05, 0.1) is 36.8 Å². The van der Waals surface area contributed by atoms with Gasteiger partial charge in [0.25, 0.3) is 5.91 Å². The Morgan fingerprint density at radius 3 is 2.88 bits per heavy atom. The average molecular weight is 327 g/mol. The molecule has 0 N–H and O–H groups in total. The highest BCUT2D eigenvalue weighted by atomic mass is 16.5. The standard InChI is InChI=1S/C17H21N5O2/c1-12-8-14(21(2)3)9-15(20-12)16-11-22(6-7-24-16)17(23)13-4-5-18-19-10-13/h4-5,8-10,16H,6-7,11H2,1-3H3/t16-/m0/s1. The Hall–Kier alpha value is -2.54. The lowest BCUT2D eigenvalue weighted by atomic mass is 10.1. The van der Waals surface area contributed by atoms with Crippen molar-refractivity contribution < 1.29 is 9.53 Å². The van der Waals surface area contributed by atoms with E-state index in [-0.39, 0.29) is 12.0 Å². The molecule has 7 heteroatoms. The van der Waals surface area contributed by atoms with Gasteiger partial charge in [0.2, 0.25) is 0 Å². The summed E-state index contributed by atoms with van der Waals surface area (Å²) in [6, 6.07) is 5.71. The zero-order chi connectivity index (χ0) is 17.1. The van der Waals surface area contributed by atoms with Crippen molar-refractivity contribution in [2.24, 2.45) is 0 Å². The fourth-order valence-corrected chi connectivity index (χ4v) is 2.71. The van der Waals surface area contributed by atoms with E-state index in [2.05, 4.69) is 15.2 Å². The minimum Gasteiger partial charge on any atom is -0.378 e. The quantitative estimate of drug-likeness (QED) is 0.850.